The van der Waals surface area contributed by atoms with Crippen LogP contribution in [0.25, 0.3) is 6.08 Å². The molecule has 1 saturated heterocycles. The van der Waals surface area contributed by atoms with Crippen LogP contribution in [0.15, 0.2) is 30.3 Å². The van der Waals surface area contributed by atoms with Crippen LogP contribution in [0, 0.1) is 0 Å². The summed E-state index contributed by atoms with van der Waals surface area (Å²) in [5.74, 6) is -0.680. The number of rotatable bonds is 4. The first kappa shape index (κ1) is 17.2. The van der Waals surface area contributed by atoms with Gasteiger partial charge in [-0.15, -0.1) is 0 Å². The van der Waals surface area contributed by atoms with Gasteiger partial charge >= 0.3 is 0 Å². The SMILES string of the molecule is CN1CCC(N(C)C(=O)c2ccccc2C=CC(=O)NO)CC1. The van der Waals surface area contributed by atoms with Gasteiger partial charge in [-0.1, -0.05) is 18.2 Å². The molecule has 1 heterocycles. The van der Waals surface area contributed by atoms with Crippen molar-refractivity contribution in [1.82, 2.24) is 15.3 Å². The summed E-state index contributed by atoms with van der Waals surface area (Å²) in [6.45, 7) is 1.97. The number of nitrogens with one attached hydrogen (secondary N) is 1. The Bertz CT molecular complexity index is 593. The van der Waals surface area contributed by atoms with Crippen molar-refractivity contribution in [2.24, 2.45) is 0 Å². The maximum atomic E-state index is 12.8. The Morgan fingerprint density at radius 2 is 1.96 bits per heavy atom. The molecule has 2 N–H and O–H groups in total. The summed E-state index contributed by atoms with van der Waals surface area (Å²) in [5, 5.41) is 8.54. The highest BCUT2D eigenvalue weighted by atomic mass is 16.5. The molecule has 0 spiro atoms. The zero-order valence-electron chi connectivity index (χ0n) is 13.5. The van der Waals surface area contributed by atoms with E-state index in [0.717, 1.165) is 25.9 Å². The molecule has 1 aliphatic heterocycles. The second kappa shape index (κ2) is 7.89. The number of benzene rings is 1. The number of carbonyl (C=O) groups is 2. The second-order valence-corrected chi connectivity index (χ2v) is 5.85. The summed E-state index contributed by atoms with van der Waals surface area (Å²) in [5.41, 5.74) is 2.74. The molecule has 2 amide bonds. The van der Waals surface area contributed by atoms with Crippen LogP contribution >= 0.6 is 0 Å². The van der Waals surface area contributed by atoms with Crippen LogP contribution in [0.4, 0.5) is 0 Å². The Balaban J connectivity index is 2.15. The van der Waals surface area contributed by atoms with E-state index in [0.29, 0.717) is 11.1 Å². The Labute approximate surface area is 136 Å². The molecule has 2 rings (SSSR count). The van der Waals surface area contributed by atoms with Crippen LogP contribution in [0.2, 0.25) is 0 Å². The normalized spacial score (nSPS) is 16.5. The minimum absolute atomic E-state index is 0.0517. The van der Waals surface area contributed by atoms with Gasteiger partial charge in [0.1, 0.15) is 0 Å². The standard InChI is InChI=1S/C17H23N3O3/c1-19-11-9-14(10-12-19)20(2)17(22)15-6-4-3-5-13(15)7-8-16(21)18-23/h3-8,14,23H,9-12H2,1-2H3,(H,18,21). The quantitative estimate of drug-likeness (QED) is 0.500. The fourth-order valence-electron chi connectivity index (χ4n) is 2.78. The summed E-state index contributed by atoms with van der Waals surface area (Å²) in [6, 6.07) is 7.37. The first-order valence-electron chi connectivity index (χ1n) is 7.70. The van der Waals surface area contributed by atoms with Crippen LogP contribution in [0.1, 0.15) is 28.8 Å². The monoisotopic (exact) mass is 317 g/mol. The Kier molecular flexibility index (Phi) is 5.90. The lowest BCUT2D eigenvalue weighted by Crippen LogP contribution is -2.44. The molecule has 6 heteroatoms. The molecule has 124 valence electrons. The van der Waals surface area contributed by atoms with E-state index in [1.807, 2.05) is 13.1 Å². The number of hydrogen-bond acceptors (Lipinski definition) is 4. The summed E-state index contributed by atoms with van der Waals surface area (Å²) >= 11 is 0. The molecule has 0 aromatic heterocycles. The summed E-state index contributed by atoms with van der Waals surface area (Å²) in [7, 11) is 3.92. The van der Waals surface area contributed by atoms with Crippen molar-refractivity contribution in [3.63, 3.8) is 0 Å². The maximum absolute atomic E-state index is 12.8. The first-order chi connectivity index (χ1) is 11.0. The van der Waals surface area contributed by atoms with Crippen molar-refractivity contribution in [3.8, 4) is 0 Å². The molecule has 0 aliphatic carbocycles. The number of hydroxylamine groups is 1. The van der Waals surface area contributed by atoms with Gasteiger partial charge in [-0.3, -0.25) is 14.8 Å². The molecule has 1 aromatic rings. The highest BCUT2D eigenvalue weighted by molar-refractivity contribution is 5.99. The van der Waals surface area contributed by atoms with Crippen molar-refractivity contribution in [2.45, 2.75) is 18.9 Å². The lowest BCUT2D eigenvalue weighted by atomic mass is 10.0. The third kappa shape index (κ3) is 4.40. The molecule has 0 unspecified atom stereocenters. The first-order valence-corrected chi connectivity index (χ1v) is 7.70. The van der Waals surface area contributed by atoms with E-state index < -0.39 is 5.91 Å². The van der Waals surface area contributed by atoms with Crippen molar-refractivity contribution >= 4 is 17.9 Å². The van der Waals surface area contributed by atoms with E-state index >= 15 is 0 Å². The molecule has 0 saturated carbocycles. The van der Waals surface area contributed by atoms with Gasteiger partial charge in [-0.05, 0) is 50.7 Å². The fourth-order valence-corrected chi connectivity index (χ4v) is 2.78. The molecule has 1 aromatic carbocycles. The molecule has 1 aliphatic rings. The van der Waals surface area contributed by atoms with Gasteiger partial charge in [-0.2, -0.15) is 0 Å². The zero-order valence-corrected chi connectivity index (χ0v) is 13.5. The van der Waals surface area contributed by atoms with Crippen molar-refractivity contribution < 1.29 is 14.8 Å². The summed E-state index contributed by atoms with van der Waals surface area (Å²) < 4.78 is 0. The van der Waals surface area contributed by atoms with Crippen molar-refractivity contribution in [3.05, 3.63) is 41.5 Å². The number of amides is 2. The molecular weight excluding hydrogens is 294 g/mol. The molecule has 23 heavy (non-hydrogen) atoms. The Hall–Kier alpha value is -2.18. The van der Waals surface area contributed by atoms with Gasteiger partial charge < -0.3 is 9.80 Å². The molecule has 6 nitrogen and oxygen atoms in total. The smallest absolute Gasteiger partial charge is 0.267 e. The van der Waals surface area contributed by atoms with Gasteiger partial charge in [0.25, 0.3) is 11.8 Å². The van der Waals surface area contributed by atoms with Gasteiger partial charge in [0.05, 0.1) is 0 Å². The maximum Gasteiger partial charge on any atom is 0.267 e. The highest BCUT2D eigenvalue weighted by Crippen LogP contribution is 2.19. The molecule has 0 radical (unpaired) electrons. The van der Waals surface area contributed by atoms with Crippen LogP contribution in [0.5, 0.6) is 0 Å². The van der Waals surface area contributed by atoms with Crippen molar-refractivity contribution in [2.75, 3.05) is 27.2 Å². The molecule has 0 bridgehead atoms. The number of carbonyl (C=O) groups excluding carboxylic acids is 2. The van der Waals surface area contributed by atoms with Gasteiger partial charge in [-0.25, -0.2) is 5.48 Å². The van der Waals surface area contributed by atoms with E-state index in [4.69, 9.17) is 5.21 Å². The number of piperidine rings is 1. The minimum Gasteiger partial charge on any atom is -0.339 e. The predicted octanol–water partition coefficient (Wildman–Crippen LogP) is 1.37. The van der Waals surface area contributed by atoms with Crippen LogP contribution in [0.3, 0.4) is 0 Å². The Morgan fingerprint density at radius 1 is 1.30 bits per heavy atom. The van der Waals surface area contributed by atoms with E-state index in [2.05, 4.69) is 11.9 Å². The van der Waals surface area contributed by atoms with Crippen LogP contribution in [-0.2, 0) is 4.79 Å². The average molecular weight is 317 g/mol. The van der Waals surface area contributed by atoms with Gasteiger partial charge in [0.2, 0.25) is 0 Å². The average Bonchev–Trinajstić information content (AvgIpc) is 2.59. The lowest BCUT2D eigenvalue weighted by Gasteiger charge is -2.35. The number of hydrogen-bond donors (Lipinski definition) is 2. The van der Waals surface area contributed by atoms with Crippen LogP contribution < -0.4 is 5.48 Å². The van der Waals surface area contributed by atoms with E-state index in [1.165, 1.54) is 17.6 Å². The zero-order chi connectivity index (χ0) is 16.8. The second-order valence-electron chi connectivity index (χ2n) is 5.85. The molecule has 1 fully saturated rings. The third-order valence-electron chi connectivity index (χ3n) is 4.27. The number of likely N-dealkylation sites (tertiary alicyclic amines) is 1. The molecular formula is C17H23N3O3. The van der Waals surface area contributed by atoms with Crippen molar-refractivity contribution in [1.29, 1.82) is 0 Å². The van der Waals surface area contributed by atoms with E-state index in [1.54, 1.807) is 23.1 Å². The third-order valence-corrected chi connectivity index (χ3v) is 4.27. The van der Waals surface area contributed by atoms with E-state index in [9.17, 15) is 9.59 Å². The van der Waals surface area contributed by atoms with Gasteiger partial charge in [0, 0.05) is 24.7 Å². The lowest BCUT2D eigenvalue weighted by molar-refractivity contribution is -0.124. The Morgan fingerprint density at radius 3 is 2.61 bits per heavy atom. The minimum atomic E-state index is -0.629. The van der Waals surface area contributed by atoms with E-state index in [-0.39, 0.29) is 11.9 Å². The fraction of sp³-hybridized carbons (Fsp3) is 0.412. The number of nitrogens with zero attached hydrogens (tertiary/aromatic N) is 2. The molecule has 0 atom stereocenters. The summed E-state index contributed by atoms with van der Waals surface area (Å²) in [6.07, 6.45) is 4.65. The largest absolute Gasteiger partial charge is 0.339 e. The van der Waals surface area contributed by atoms with Gasteiger partial charge in [0.15, 0.2) is 0 Å². The highest BCUT2D eigenvalue weighted by Gasteiger charge is 2.25. The predicted molar refractivity (Wildman–Crippen MR) is 88.0 cm³/mol. The summed E-state index contributed by atoms with van der Waals surface area (Å²) in [4.78, 5) is 28.0. The topological polar surface area (TPSA) is 72.9 Å². The van der Waals surface area contributed by atoms with Crippen LogP contribution in [-0.4, -0.2) is 60.0 Å².